The smallest absolute Gasteiger partial charge is 0.261 e. The first-order valence-corrected chi connectivity index (χ1v) is 5.16. The molecule has 0 saturated heterocycles. The van der Waals surface area contributed by atoms with Crippen LogP contribution in [-0.4, -0.2) is 17.9 Å². The van der Waals surface area contributed by atoms with Gasteiger partial charge in [0.25, 0.3) is 5.91 Å². The van der Waals surface area contributed by atoms with Crippen molar-refractivity contribution >= 4 is 22.9 Å². The van der Waals surface area contributed by atoms with Crippen LogP contribution in [-0.2, 0) is 4.79 Å². The Hall–Kier alpha value is -2.54. The van der Waals surface area contributed by atoms with Crippen molar-refractivity contribution in [2.24, 2.45) is 0 Å². The van der Waals surface area contributed by atoms with Crippen LogP contribution >= 0.6 is 0 Å². The predicted octanol–water partition coefficient (Wildman–Crippen LogP) is 1.82. The zero-order chi connectivity index (χ0) is 12.3. The van der Waals surface area contributed by atoms with Gasteiger partial charge in [0.1, 0.15) is 11.6 Å². The van der Waals surface area contributed by atoms with Crippen LogP contribution in [0.4, 0.5) is 0 Å². The van der Waals surface area contributed by atoms with E-state index in [9.17, 15) is 4.79 Å². The van der Waals surface area contributed by atoms with Crippen LogP contribution in [0.5, 0.6) is 0 Å². The number of nitriles is 1. The number of aromatic amines is 1. The number of carbonyl (C=O) groups excluding carboxylic acids is 1. The lowest BCUT2D eigenvalue weighted by molar-refractivity contribution is -0.116. The zero-order valence-corrected chi connectivity index (χ0v) is 9.32. The molecule has 0 fully saturated rings. The van der Waals surface area contributed by atoms with Gasteiger partial charge >= 0.3 is 0 Å². The number of para-hydroxylation sites is 1. The summed E-state index contributed by atoms with van der Waals surface area (Å²) in [7, 11) is 1.50. The second kappa shape index (κ2) is 4.54. The van der Waals surface area contributed by atoms with Crippen molar-refractivity contribution in [3.63, 3.8) is 0 Å². The van der Waals surface area contributed by atoms with Gasteiger partial charge in [0.05, 0.1) is 0 Å². The molecule has 1 aromatic heterocycles. The Morgan fingerprint density at radius 3 is 2.94 bits per heavy atom. The second-order valence-corrected chi connectivity index (χ2v) is 3.54. The maximum atomic E-state index is 11.4. The first kappa shape index (κ1) is 11.0. The summed E-state index contributed by atoms with van der Waals surface area (Å²) in [6.45, 7) is 0. The van der Waals surface area contributed by atoms with Crippen LogP contribution in [0.1, 0.15) is 5.56 Å². The number of nitrogens with one attached hydrogen (secondary N) is 2. The quantitative estimate of drug-likeness (QED) is 0.604. The van der Waals surface area contributed by atoms with E-state index in [2.05, 4.69) is 10.3 Å². The molecule has 0 aliphatic carbocycles. The number of H-pyrrole nitrogens is 1. The van der Waals surface area contributed by atoms with Gasteiger partial charge in [0.2, 0.25) is 0 Å². The Labute approximate surface area is 98.6 Å². The normalized spacial score (nSPS) is 11.2. The summed E-state index contributed by atoms with van der Waals surface area (Å²) < 4.78 is 0. The molecule has 1 amide bonds. The van der Waals surface area contributed by atoms with Gasteiger partial charge in [-0.15, -0.1) is 0 Å². The zero-order valence-electron chi connectivity index (χ0n) is 9.32. The molecular formula is C13H11N3O. The molecule has 0 unspecified atom stereocenters. The molecule has 0 aliphatic heterocycles. The van der Waals surface area contributed by atoms with Crippen LogP contribution in [0.25, 0.3) is 17.0 Å². The lowest BCUT2D eigenvalue weighted by Gasteiger charge is -1.96. The molecule has 2 rings (SSSR count). The fraction of sp³-hybridized carbons (Fsp3) is 0.0769. The second-order valence-electron chi connectivity index (χ2n) is 3.54. The van der Waals surface area contributed by atoms with E-state index in [1.54, 1.807) is 12.3 Å². The lowest BCUT2D eigenvalue weighted by Crippen LogP contribution is -2.19. The summed E-state index contributed by atoms with van der Waals surface area (Å²) in [6.07, 6.45) is 3.36. The van der Waals surface area contributed by atoms with Gasteiger partial charge in [-0.2, -0.15) is 5.26 Å². The topological polar surface area (TPSA) is 68.7 Å². The molecule has 0 spiro atoms. The summed E-state index contributed by atoms with van der Waals surface area (Å²) in [5, 5.41) is 12.3. The number of benzene rings is 1. The molecular weight excluding hydrogens is 214 g/mol. The van der Waals surface area contributed by atoms with Crippen molar-refractivity contribution in [3.05, 3.63) is 41.6 Å². The van der Waals surface area contributed by atoms with Crippen LogP contribution in [0, 0.1) is 11.3 Å². The first-order chi connectivity index (χ1) is 8.26. The number of aromatic nitrogens is 1. The van der Waals surface area contributed by atoms with E-state index in [-0.39, 0.29) is 11.5 Å². The molecule has 17 heavy (non-hydrogen) atoms. The molecule has 2 aromatic rings. The minimum absolute atomic E-state index is 0.0947. The molecule has 1 heterocycles. The Bertz CT molecular complexity index is 631. The largest absolute Gasteiger partial charge is 0.361 e. The Morgan fingerprint density at radius 2 is 2.24 bits per heavy atom. The standard InChI is InChI=1S/C13H11N3O/c1-15-13(17)9(7-14)6-10-8-16-12-5-3-2-4-11(10)12/h2-6,8,16H,1H3,(H,15,17)/b9-6+. The average molecular weight is 225 g/mol. The third-order valence-corrected chi connectivity index (χ3v) is 2.51. The van der Waals surface area contributed by atoms with Crippen LogP contribution < -0.4 is 5.32 Å². The summed E-state index contributed by atoms with van der Waals surface area (Å²) >= 11 is 0. The molecule has 84 valence electrons. The summed E-state index contributed by atoms with van der Waals surface area (Å²) in [6, 6.07) is 9.62. The van der Waals surface area contributed by atoms with Gasteiger partial charge < -0.3 is 10.3 Å². The number of hydrogen-bond donors (Lipinski definition) is 2. The fourth-order valence-corrected chi connectivity index (χ4v) is 1.65. The van der Waals surface area contributed by atoms with Crippen molar-refractivity contribution < 1.29 is 4.79 Å². The SMILES string of the molecule is CNC(=O)/C(C#N)=C/c1c[nH]c2ccccc12. The number of carbonyl (C=O) groups is 1. The number of rotatable bonds is 2. The van der Waals surface area contributed by atoms with Gasteiger partial charge in [-0.3, -0.25) is 4.79 Å². The van der Waals surface area contributed by atoms with Gasteiger partial charge in [-0.25, -0.2) is 0 Å². The van der Waals surface area contributed by atoms with E-state index in [1.807, 2.05) is 30.3 Å². The molecule has 0 atom stereocenters. The number of hydrogen-bond acceptors (Lipinski definition) is 2. The Balaban J connectivity index is 2.51. The number of likely N-dealkylation sites (N-methyl/N-ethyl adjacent to an activating group) is 1. The number of nitrogens with zero attached hydrogens (tertiary/aromatic N) is 1. The van der Waals surface area contributed by atoms with Crippen molar-refractivity contribution in [2.45, 2.75) is 0 Å². The molecule has 1 aromatic carbocycles. The van der Waals surface area contributed by atoms with E-state index in [0.29, 0.717) is 0 Å². The molecule has 0 bridgehead atoms. The highest BCUT2D eigenvalue weighted by molar-refractivity contribution is 6.03. The molecule has 4 heteroatoms. The van der Waals surface area contributed by atoms with Gasteiger partial charge in [0, 0.05) is 29.7 Å². The van der Waals surface area contributed by atoms with E-state index in [4.69, 9.17) is 5.26 Å². The van der Waals surface area contributed by atoms with Crippen LogP contribution in [0.3, 0.4) is 0 Å². The fourth-order valence-electron chi connectivity index (χ4n) is 1.65. The highest BCUT2D eigenvalue weighted by Crippen LogP contribution is 2.20. The third kappa shape index (κ3) is 2.04. The van der Waals surface area contributed by atoms with E-state index in [0.717, 1.165) is 16.5 Å². The first-order valence-electron chi connectivity index (χ1n) is 5.16. The predicted molar refractivity (Wildman–Crippen MR) is 66.0 cm³/mol. The molecule has 0 aliphatic rings. The highest BCUT2D eigenvalue weighted by Gasteiger charge is 2.08. The van der Waals surface area contributed by atoms with Crippen molar-refractivity contribution in [1.82, 2.24) is 10.3 Å². The summed E-state index contributed by atoms with van der Waals surface area (Å²) in [5.41, 5.74) is 1.91. The lowest BCUT2D eigenvalue weighted by atomic mass is 10.1. The monoisotopic (exact) mass is 225 g/mol. The third-order valence-electron chi connectivity index (χ3n) is 2.51. The minimum atomic E-state index is -0.377. The van der Waals surface area contributed by atoms with Crippen molar-refractivity contribution in [3.8, 4) is 6.07 Å². The molecule has 0 radical (unpaired) electrons. The average Bonchev–Trinajstić information content (AvgIpc) is 2.78. The summed E-state index contributed by atoms with van der Waals surface area (Å²) in [4.78, 5) is 14.5. The van der Waals surface area contributed by atoms with E-state index in [1.165, 1.54) is 7.05 Å². The Morgan fingerprint density at radius 1 is 1.47 bits per heavy atom. The van der Waals surface area contributed by atoms with Gasteiger partial charge in [-0.05, 0) is 12.1 Å². The minimum Gasteiger partial charge on any atom is -0.361 e. The van der Waals surface area contributed by atoms with Crippen LogP contribution in [0.2, 0.25) is 0 Å². The molecule has 2 N–H and O–H groups in total. The van der Waals surface area contributed by atoms with Crippen molar-refractivity contribution in [2.75, 3.05) is 7.05 Å². The van der Waals surface area contributed by atoms with Crippen molar-refractivity contribution in [1.29, 1.82) is 5.26 Å². The van der Waals surface area contributed by atoms with E-state index >= 15 is 0 Å². The maximum absolute atomic E-state index is 11.4. The molecule has 4 nitrogen and oxygen atoms in total. The van der Waals surface area contributed by atoms with Gasteiger partial charge in [-0.1, -0.05) is 18.2 Å². The Kier molecular flexibility index (Phi) is 2.93. The summed E-state index contributed by atoms with van der Waals surface area (Å²) in [5.74, 6) is -0.377. The highest BCUT2D eigenvalue weighted by atomic mass is 16.1. The number of amides is 1. The van der Waals surface area contributed by atoms with Crippen LogP contribution in [0.15, 0.2) is 36.0 Å². The maximum Gasteiger partial charge on any atom is 0.261 e. The van der Waals surface area contributed by atoms with E-state index < -0.39 is 0 Å². The number of fused-ring (bicyclic) bond motifs is 1. The van der Waals surface area contributed by atoms with Gasteiger partial charge in [0.15, 0.2) is 0 Å². The molecule has 0 saturated carbocycles.